The van der Waals surface area contributed by atoms with Crippen LogP contribution in [-0.4, -0.2) is 9.13 Å². The molecule has 1 aliphatic carbocycles. The predicted octanol–water partition coefficient (Wildman–Crippen LogP) is 7.61. The van der Waals surface area contributed by atoms with Crippen molar-refractivity contribution < 1.29 is 0 Å². The van der Waals surface area contributed by atoms with Crippen LogP contribution in [0.4, 0.5) is 0 Å². The van der Waals surface area contributed by atoms with Crippen molar-refractivity contribution >= 4 is 32.7 Å². The number of hydrogen-bond acceptors (Lipinski definition) is 0. The molecule has 0 fully saturated rings. The van der Waals surface area contributed by atoms with Crippen molar-refractivity contribution in [1.29, 1.82) is 0 Å². The van der Waals surface area contributed by atoms with Crippen LogP contribution < -0.4 is 0 Å². The highest BCUT2D eigenvalue weighted by molar-refractivity contribution is 6.18. The van der Waals surface area contributed by atoms with Gasteiger partial charge < -0.3 is 9.13 Å². The SMILES string of the molecule is c1ccc(-n2c3c(c4ccc5c6ccccc6n(-c6ccccc6)c5c42)CCCC3)cc1. The molecule has 0 saturated carbocycles. The fraction of sp³-hybridized carbons (Fsp3) is 0.133. The zero-order valence-electron chi connectivity index (χ0n) is 18.0. The van der Waals surface area contributed by atoms with E-state index in [4.69, 9.17) is 0 Å². The lowest BCUT2D eigenvalue weighted by Crippen LogP contribution is -2.07. The first-order valence-corrected chi connectivity index (χ1v) is 11.6. The third kappa shape index (κ3) is 2.41. The van der Waals surface area contributed by atoms with Gasteiger partial charge in [0.15, 0.2) is 0 Å². The number of para-hydroxylation sites is 3. The maximum atomic E-state index is 2.56. The van der Waals surface area contributed by atoms with E-state index in [-0.39, 0.29) is 0 Å². The number of aryl methyl sites for hydroxylation is 1. The molecule has 2 heterocycles. The standard InChI is InChI=1S/C30H24N2/c1-3-11-21(12-4-1)31-27-17-9-7-15-23(27)25-19-20-26-24-16-8-10-18-28(24)32(30(26)29(25)31)22-13-5-2-6-14-22/h1-7,9,11-15,17,19-20H,8,10,16,18H2. The highest BCUT2D eigenvalue weighted by Crippen LogP contribution is 2.42. The predicted molar refractivity (Wildman–Crippen MR) is 134 cm³/mol. The molecular weight excluding hydrogens is 388 g/mol. The van der Waals surface area contributed by atoms with Crippen molar-refractivity contribution in [3.8, 4) is 11.4 Å². The molecule has 2 aromatic heterocycles. The first-order chi connectivity index (χ1) is 15.9. The third-order valence-corrected chi connectivity index (χ3v) is 7.10. The molecule has 0 N–H and O–H groups in total. The summed E-state index contributed by atoms with van der Waals surface area (Å²) < 4.78 is 5.03. The van der Waals surface area contributed by atoms with Gasteiger partial charge in [0.05, 0.1) is 16.6 Å². The molecule has 32 heavy (non-hydrogen) atoms. The molecule has 2 nitrogen and oxygen atoms in total. The Morgan fingerprint density at radius 3 is 1.84 bits per heavy atom. The molecule has 7 rings (SSSR count). The summed E-state index contributed by atoms with van der Waals surface area (Å²) in [4.78, 5) is 0. The van der Waals surface area contributed by atoms with Crippen LogP contribution in [0, 0.1) is 0 Å². The first-order valence-electron chi connectivity index (χ1n) is 11.6. The third-order valence-electron chi connectivity index (χ3n) is 7.10. The maximum absolute atomic E-state index is 2.56. The molecule has 0 radical (unpaired) electrons. The summed E-state index contributed by atoms with van der Waals surface area (Å²) in [5.41, 5.74) is 9.44. The van der Waals surface area contributed by atoms with Gasteiger partial charge in [0.1, 0.15) is 0 Å². The molecule has 154 valence electrons. The average molecular weight is 413 g/mol. The number of benzene rings is 4. The van der Waals surface area contributed by atoms with Gasteiger partial charge in [0, 0.05) is 33.2 Å². The van der Waals surface area contributed by atoms with Crippen molar-refractivity contribution in [2.45, 2.75) is 25.7 Å². The van der Waals surface area contributed by atoms with Gasteiger partial charge in [-0.3, -0.25) is 0 Å². The Kier molecular flexibility index (Phi) is 3.83. The minimum absolute atomic E-state index is 1.14. The van der Waals surface area contributed by atoms with Gasteiger partial charge in [-0.15, -0.1) is 0 Å². The molecule has 0 amide bonds. The molecule has 0 saturated heterocycles. The van der Waals surface area contributed by atoms with Crippen LogP contribution in [0.15, 0.2) is 97.1 Å². The van der Waals surface area contributed by atoms with E-state index in [0.29, 0.717) is 0 Å². The number of aromatic nitrogens is 2. The Labute approximate surface area is 187 Å². The first kappa shape index (κ1) is 17.9. The zero-order chi connectivity index (χ0) is 21.1. The second kappa shape index (κ2) is 6.86. The fourth-order valence-corrected chi connectivity index (χ4v) is 5.78. The van der Waals surface area contributed by atoms with Crippen molar-refractivity contribution in [3.63, 3.8) is 0 Å². The smallest absolute Gasteiger partial charge is 0.0788 e. The Morgan fingerprint density at radius 1 is 0.469 bits per heavy atom. The van der Waals surface area contributed by atoms with E-state index in [1.54, 1.807) is 5.56 Å². The van der Waals surface area contributed by atoms with Crippen LogP contribution in [0.2, 0.25) is 0 Å². The van der Waals surface area contributed by atoms with Crippen molar-refractivity contribution in [3.05, 3.63) is 108 Å². The average Bonchev–Trinajstić information content (AvgIpc) is 3.38. The summed E-state index contributed by atoms with van der Waals surface area (Å²) in [7, 11) is 0. The summed E-state index contributed by atoms with van der Waals surface area (Å²) in [5, 5.41) is 4.05. The lowest BCUT2D eigenvalue weighted by atomic mass is 9.95. The van der Waals surface area contributed by atoms with E-state index in [0.717, 1.165) is 6.42 Å². The summed E-state index contributed by atoms with van der Waals surface area (Å²) in [5.74, 6) is 0. The molecule has 4 aromatic carbocycles. The second-order valence-electron chi connectivity index (χ2n) is 8.85. The van der Waals surface area contributed by atoms with Gasteiger partial charge in [-0.25, -0.2) is 0 Å². The van der Waals surface area contributed by atoms with Gasteiger partial charge in [-0.1, -0.05) is 66.7 Å². The number of fused-ring (bicyclic) bond motifs is 7. The van der Waals surface area contributed by atoms with Crippen LogP contribution in [0.3, 0.4) is 0 Å². The molecule has 6 aromatic rings. The lowest BCUT2D eigenvalue weighted by Gasteiger charge is -2.16. The molecule has 0 bridgehead atoms. The summed E-state index contributed by atoms with van der Waals surface area (Å²) in [6.07, 6.45) is 4.86. The Bertz CT molecular complexity index is 1600. The van der Waals surface area contributed by atoms with E-state index in [9.17, 15) is 0 Å². The normalized spacial score (nSPS) is 13.8. The molecule has 1 aliphatic rings. The Hall–Kier alpha value is -3.78. The van der Waals surface area contributed by atoms with E-state index < -0.39 is 0 Å². The highest BCUT2D eigenvalue weighted by atomic mass is 15.0. The molecule has 0 unspecified atom stereocenters. The van der Waals surface area contributed by atoms with E-state index in [2.05, 4.69) is 106 Å². The molecule has 0 atom stereocenters. The number of hydrogen-bond donors (Lipinski definition) is 0. The molecule has 2 heteroatoms. The van der Waals surface area contributed by atoms with Crippen LogP contribution in [0.25, 0.3) is 44.1 Å². The minimum Gasteiger partial charge on any atom is -0.311 e. The Balaban J connectivity index is 1.75. The van der Waals surface area contributed by atoms with Crippen molar-refractivity contribution in [1.82, 2.24) is 9.13 Å². The number of nitrogens with zero attached hydrogens (tertiary/aromatic N) is 2. The van der Waals surface area contributed by atoms with Crippen LogP contribution >= 0.6 is 0 Å². The quantitative estimate of drug-likeness (QED) is 0.277. The molecule has 0 spiro atoms. The molecule has 0 aliphatic heterocycles. The van der Waals surface area contributed by atoms with E-state index in [1.807, 2.05) is 0 Å². The summed E-state index contributed by atoms with van der Waals surface area (Å²) in [6, 6.07) is 35.3. The zero-order valence-corrected chi connectivity index (χ0v) is 18.0. The van der Waals surface area contributed by atoms with Crippen LogP contribution in [0.5, 0.6) is 0 Å². The topological polar surface area (TPSA) is 9.86 Å². The van der Waals surface area contributed by atoms with E-state index in [1.165, 1.54) is 69.0 Å². The van der Waals surface area contributed by atoms with E-state index >= 15 is 0 Å². The van der Waals surface area contributed by atoms with Gasteiger partial charge in [0.25, 0.3) is 0 Å². The van der Waals surface area contributed by atoms with Gasteiger partial charge in [-0.2, -0.15) is 0 Å². The van der Waals surface area contributed by atoms with Gasteiger partial charge >= 0.3 is 0 Å². The summed E-state index contributed by atoms with van der Waals surface area (Å²) in [6.45, 7) is 0. The summed E-state index contributed by atoms with van der Waals surface area (Å²) >= 11 is 0. The van der Waals surface area contributed by atoms with Crippen molar-refractivity contribution in [2.75, 3.05) is 0 Å². The lowest BCUT2D eigenvalue weighted by molar-refractivity contribution is 0.667. The monoisotopic (exact) mass is 412 g/mol. The maximum Gasteiger partial charge on any atom is 0.0788 e. The minimum atomic E-state index is 1.14. The van der Waals surface area contributed by atoms with Gasteiger partial charge in [-0.05, 0) is 61.6 Å². The largest absolute Gasteiger partial charge is 0.311 e. The number of rotatable bonds is 2. The second-order valence-corrected chi connectivity index (χ2v) is 8.85. The molecular formula is C30H24N2. The fourth-order valence-electron chi connectivity index (χ4n) is 5.78. The van der Waals surface area contributed by atoms with Gasteiger partial charge in [0.2, 0.25) is 0 Å². The van der Waals surface area contributed by atoms with Crippen LogP contribution in [0.1, 0.15) is 24.1 Å². The highest BCUT2D eigenvalue weighted by Gasteiger charge is 2.25. The Morgan fingerprint density at radius 2 is 1.06 bits per heavy atom. The van der Waals surface area contributed by atoms with Crippen molar-refractivity contribution in [2.24, 2.45) is 0 Å². The van der Waals surface area contributed by atoms with Crippen LogP contribution in [-0.2, 0) is 12.8 Å².